The van der Waals surface area contributed by atoms with Gasteiger partial charge in [0, 0.05) is 187 Å². The van der Waals surface area contributed by atoms with Crippen LogP contribution < -0.4 is 51.4 Å². The zero-order valence-corrected chi connectivity index (χ0v) is 68.9. The third-order valence-electron chi connectivity index (χ3n) is 13.9. The molecule has 10 atom stereocenters. The van der Waals surface area contributed by atoms with Crippen LogP contribution in [0.3, 0.4) is 0 Å². The Hall–Kier alpha value is 5.50. The monoisotopic (exact) mass is 1680 g/mol. The van der Waals surface area contributed by atoms with E-state index in [9.17, 15) is 8.78 Å². The van der Waals surface area contributed by atoms with Crippen LogP contribution in [0.5, 0.6) is 0 Å². The molecule has 1 unspecified atom stereocenters. The van der Waals surface area contributed by atoms with Crippen LogP contribution in [0.2, 0.25) is 10.0 Å². The number of rotatable bonds is 9. The van der Waals surface area contributed by atoms with Crippen molar-refractivity contribution in [3.8, 4) is 20.9 Å². The number of pyridine rings is 2. The Bertz CT molecular complexity index is 2500. The molecule has 6 aromatic rings. The van der Waals surface area contributed by atoms with Gasteiger partial charge in [-0.15, -0.1) is 22.7 Å². The minimum atomic E-state index is -0.461. The van der Waals surface area contributed by atoms with Crippen LogP contribution in [-0.4, -0.2) is 131 Å². The standard InChI is InChI=1S/C26H29ClFNOS.C17H13ClFNS.C11H22O.CH2I.3HI.3K.2V/c1-5-23-16(3)15(2)17(4)26(30-23)18-6-9-22(27)20(12-18)13-21-8-10-24(31-21)19-7-11-25(28)29-14-19;1-11-2-5-15(18)13(8-11)9-14-4-6-16(21-14)12-3-7-17(19)20-10-12;1-6-11-9(4)7(2)8(3)10(5)12-11;1-2;;;;;;;;/h6-12,14-17,23,26H,5,13H2,1-4H3;2-8,10H,9H2,1H3;7-11H,6H2,1-5H3;1H2;3*1H;;;;;/q;;;-1;;;;;;+1;;+3/p-3/t15-,16-,17+,23+,26+;;7-,8-,9+,10?,11-;;;;;;;;;/m0.1........./s1. The summed E-state index contributed by atoms with van der Waals surface area (Å²) in [5.74, 6) is 2.94. The first kappa shape index (κ1) is 79.5. The predicted molar refractivity (Wildman–Crippen MR) is 339 cm³/mol. The molecule has 0 aliphatic carbocycles. The normalized spacial score (nSPS) is 22.6. The van der Waals surface area contributed by atoms with Crippen molar-refractivity contribution >= 4 is 231 Å². The second-order valence-electron chi connectivity index (χ2n) is 18.2. The van der Waals surface area contributed by atoms with Gasteiger partial charge in [0.1, 0.15) is 0 Å². The minimum absolute atomic E-state index is 0. The van der Waals surface area contributed by atoms with Gasteiger partial charge in [-0.1, -0.05) is 108 Å². The van der Waals surface area contributed by atoms with Gasteiger partial charge in [-0.2, -0.15) is 8.78 Å². The van der Waals surface area contributed by atoms with E-state index in [2.05, 4.69) is 180 Å². The summed E-state index contributed by atoms with van der Waals surface area (Å²) in [4.78, 5) is 15.0. The Kier molecular flexibility index (Phi) is 44.7. The summed E-state index contributed by atoms with van der Waals surface area (Å²) in [7, 11) is 0. The molecule has 0 bridgehead atoms. The first-order chi connectivity index (χ1) is 33.3. The zero-order valence-electron chi connectivity index (χ0n) is 45.0. The van der Waals surface area contributed by atoms with Crippen LogP contribution in [0.4, 0.5) is 8.78 Å². The fourth-order valence-corrected chi connectivity index (χ4v) is 11.4. The summed E-state index contributed by atoms with van der Waals surface area (Å²) < 4.78 is 38.5. The maximum atomic E-state index is 13.1. The van der Waals surface area contributed by atoms with Gasteiger partial charge in [0.15, 0.2) is 0 Å². The minimum Gasteiger partial charge on any atom is 0 e. The molecule has 0 amide bonds. The number of aryl methyl sites for hydroxylation is 1. The number of hydrogen-bond acceptors (Lipinski definition) is 6. The third kappa shape index (κ3) is 25.4. The van der Waals surface area contributed by atoms with Crippen molar-refractivity contribution in [1.82, 2.24) is 9.97 Å². The van der Waals surface area contributed by atoms with Crippen molar-refractivity contribution in [2.75, 3.05) is 0 Å². The molecule has 3 radical (unpaired) electrons. The van der Waals surface area contributed by atoms with Gasteiger partial charge in [0.25, 0.3) is 0 Å². The van der Waals surface area contributed by atoms with Crippen LogP contribution in [0, 0.1) is 59.3 Å². The van der Waals surface area contributed by atoms with Gasteiger partial charge in [0.05, 0.1) is 24.4 Å². The molecule has 6 heterocycles. The second-order valence-corrected chi connectivity index (χ2v) is 56.7. The van der Waals surface area contributed by atoms with Crippen molar-refractivity contribution in [3.05, 3.63) is 156 Å². The predicted octanol–water partition coefficient (Wildman–Crippen LogP) is 16.7. The number of benzene rings is 2. The van der Waals surface area contributed by atoms with Crippen LogP contribution in [0.15, 0.2) is 97.3 Å². The van der Waals surface area contributed by atoms with Crippen LogP contribution in [-0.2, 0) is 45.8 Å². The average Bonchev–Trinajstić information content (AvgIpc) is 4.02. The molecule has 2 aromatic carbocycles. The first-order valence-corrected chi connectivity index (χ1v) is 41.0. The molecule has 4 aromatic heterocycles. The van der Waals surface area contributed by atoms with E-state index >= 15 is 0 Å². The van der Waals surface area contributed by atoms with Crippen LogP contribution >= 0.6 is 128 Å². The Labute approximate surface area is 652 Å². The Morgan fingerprint density at radius 3 is 1.45 bits per heavy atom. The van der Waals surface area contributed by atoms with Gasteiger partial charge < -0.3 is 32.1 Å². The van der Waals surface area contributed by atoms with Gasteiger partial charge in [-0.05, 0) is 140 Å². The fraction of sp³-hybridized carbons (Fsp3) is 0.436. The molecule has 74 heavy (non-hydrogen) atoms. The molecule has 0 N–H and O–H groups in total. The van der Waals surface area contributed by atoms with E-state index in [1.807, 2.05) is 46.9 Å². The van der Waals surface area contributed by atoms with Gasteiger partial charge in [-0.3, -0.25) is 4.93 Å². The van der Waals surface area contributed by atoms with Crippen LogP contribution in [0.25, 0.3) is 20.9 Å². The average molecular weight is 1690 g/mol. The van der Waals surface area contributed by atoms with E-state index in [1.54, 1.807) is 47.2 Å². The van der Waals surface area contributed by atoms with E-state index < -0.39 is 11.9 Å². The van der Waals surface area contributed by atoms with Crippen molar-refractivity contribution in [3.63, 3.8) is 0 Å². The molecule has 4 nitrogen and oxygen atoms in total. The topological polar surface area (TPSA) is 44.2 Å². The summed E-state index contributed by atoms with van der Waals surface area (Å²) in [5, 5.41) is 1.57. The number of hydrogen-bond donors (Lipinski definition) is 0. The molecule has 2 saturated heterocycles. The van der Waals surface area contributed by atoms with Gasteiger partial charge in [0.2, 0.25) is 11.9 Å². The van der Waals surface area contributed by atoms with E-state index in [-0.39, 0.29) is 184 Å². The molecule has 389 valence electrons. The number of aromatic nitrogens is 2. The second kappa shape index (κ2) is 41.6. The molecular weight excluding hydrogens is 1620 g/mol. The first-order valence-electron chi connectivity index (χ1n) is 23.6. The van der Waals surface area contributed by atoms with E-state index in [0.29, 0.717) is 42.0 Å². The van der Waals surface area contributed by atoms with Crippen molar-refractivity contribution < 1.29 is 93.1 Å². The smallest absolute Gasteiger partial charge is 0 e. The Morgan fingerprint density at radius 2 is 1.01 bits per heavy atom. The van der Waals surface area contributed by atoms with E-state index in [4.69, 9.17) is 32.7 Å². The molecule has 8 rings (SSSR count). The summed E-state index contributed by atoms with van der Waals surface area (Å²) in [6.45, 7) is 22.6. The molecule has 2 aliphatic rings. The summed E-state index contributed by atoms with van der Waals surface area (Å²) in [6, 6.07) is 27.0. The van der Waals surface area contributed by atoms with Crippen molar-refractivity contribution in [2.45, 2.75) is 119 Å². The molecular formula is C55H66Cl2F2I4K3N2O2S2V2. The van der Waals surface area contributed by atoms with Crippen molar-refractivity contribution in [1.29, 1.82) is 0 Å². The number of halogens is 8. The number of ether oxygens (including phenoxy) is 2. The molecule has 2 aliphatic heterocycles. The zero-order chi connectivity index (χ0) is 51.8. The van der Waals surface area contributed by atoms with Gasteiger partial charge >= 0.3 is 116 Å². The maximum absolute atomic E-state index is 13.1. The van der Waals surface area contributed by atoms with Gasteiger partial charge in [-0.25, -0.2) is 9.97 Å². The maximum Gasteiger partial charge on any atom is 1.00 e. The largest absolute Gasteiger partial charge is 1.00 e. The molecule has 19 heteroatoms. The summed E-state index contributed by atoms with van der Waals surface area (Å²) in [5.41, 5.74) is 6.51. The molecule has 0 saturated carbocycles. The van der Waals surface area contributed by atoms with Crippen molar-refractivity contribution in [2.24, 2.45) is 35.5 Å². The fourth-order valence-electron chi connectivity index (χ4n) is 9.04. The number of thiophene rings is 2. The third-order valence-corrected chi connectivity index (χ3v) is 16.9. The van der Waals surface area contributed by atoms with E-state index in [1.165, 1.54) is 33.0 Å². The quantitative estimate of drug-likeness (QED) is 0.0626. The summed E-state index contributed by atoms with van der Waals surface area (Å²) in [6.07, 6.45) is 8.21. The molecule has 2 fully saturated rings. The SMILES string of the molecule is CC[C@H]1OC(C)[C@H](C)[C@@H](C)[C@@H]1C.CC[C@H]1O[C@@H](c2ccc(Cl)c(Cc3ccc(-c4ccc(F)nc4)s3)c2)[C@H](C)[C@@H](C)[C@@H]1C.Cc1ccc(Cl)c(Cc2ccc(-c3ccc(F)nc3)s2)c1.[CH2-]I.[I][V]([I])[I].[K+].[K].[K].[V]. The van der Waals surface area contributed by atoms with E-state index in [0.717, 1.165) is 79.6 Å². The van der Waals surface area contributed by atoms with Crippen LogP contribution in [0.1, 0.15) is 113 Å². The number of nitrogens with zero attached hydrogens (tertiary/aromatic N) is 2. The Balaban J connectivity index is 0.00000108. The Morgan fingerprint density at radius 1 is 0.595 bits per heavy atom. The molecule has 0 spiro atoms. The summed E-state index contributed by atoms with van der Waals surface area (Å²) >= 11 is 25.5.